The Bertz CT molecular complexity index is 921. The minimum Gasteiger partial charge on any atom is -0.326 e. The molecule has 1 amide bonds. The molecule has 138 valence electrons. The highest BCUT2D eigenvalue weighted by Crippen LogP contribution is 2.32. The first-order valence-electron chi connectivity index (χ1n) is 7.93. The summed E-state index contributed by atoms with van der Waals surface area (Å²) in [6.45, 7) is 0. The van der Waals surface area contributed by atoms with Crippen LogP contribution in [0.1, 0.15) is 12.0 Å². The Kier molecular flexibility index (Phi) is 4.79. The molecule has 1 fully saturated rings. The van der Waals surface area contributed by atoms with Crippen LogP contribution in [0.2, 0.25) is 0 Å². The standard InChI is InChI=1S/C18H16F3NO3S/c19-18(20,21)15-3-1-2-13(10-15)12-4-6-16(7-5-12)22-17(23)14-8-9-26(24,25)11-14/h1-7,10,14H,8-9,11H2,(H,22,23)/t14-/m0/s1. The smallest absolute Gasteiger partial charge is 0.326 e. The Morgan fingerprint density at radius 3 is 2.31 bits per heavy atom. The highest BCUT2D eigenvalue weighted by molar-refractivity contribution is 7.91. The summed E-state index contributed by atoms with van der Waals surface area (Å²) < 4.78 is 61.3. The van der Waals surface area contributed by atoms with Crippen LogP contribution in [0.25, 0.3) is 11.1 Å². The number of hydrogen-bond acceptors (Lipinski definition) is 3. The molecule has 4 nitrogen and oxygen atoms in total. The lowest BCUT2D eigenvalue weighted by molar-refractivity contribution is -0.137. The van der Waals surface area contributed by atoms with Crippen molar-refractivity contribution in [3.05, 3.63) is 54.1 Å². The molecule has 0 bridgehead atoms. The number of anilines is 1. The summed E-state index contributed by atoms with van der Waals surface area (Å²) >= 11 is 0. The fraction of sp³-hybridized carbons (Fsp3) is 0.278. The van der Waals surface area contributed by atoms with E-state index in [1.54, 1.807) is 30.3 Å². The second kappa shape index (κ2) is 6.75. The molecular formula is C18H16F3NO3S. The topological polar surface area (TPSA) is 63.2 Å². The van der Waals surface area contributed by atoms with E-state index < -0.39 is 27.5 Å². The molecule has 8 heteroatoms. The third-order valence-corrected chi connectivity index (χ3v) is 6.05. The largest absolute Gasteiger partial charge is 0.416 e. The van der Waals surface area contributed by atoms with Gasteiger partial charge in [0.15, 0.2) is 9.84 Å². The average Bonchev–Trinajstić information content (AvgIpc) is 2.95. The molecule has 1 aliphatic heterocycles. The molecule has 1 N–H and O–H groups in total. The van der Waals surface area contributed by atoms with Crippen molar-refractivity contribution in [2.45, 2.75) is 12.6 Å². The molecule has 1 saturated heterocycles. The second-order valence-corrected chi connectivity index (χ2v) is 8.47. The number of benzene rings is 2. The second-order valence-electron chi connectivity index (χ2n) is 6.25. The fourth-order valence-electron chi connectivity index (χ4n) is 2.87. The van der Waals surface area contributed by atoms with E-state index in [4.69, 9.17) is 0 Å². The van der Waals surface area contributed by atoms with Crippen molar-refractivity contribution in [3.8, 4) is 11.1 Å². The summed E-state index contributed by atoms with van der Waals surface area (Å²) in [6.07, 6.45) is -4.11. The van der Waals surface area contributed by atoms with Crippen LogP contribution >= 0.6 is 0 Å². The first-order chi connectivity index (χ1) is 12.1. The molecule has 0 saturated carbocycles. The normalized spacial score (nSPS) is 19.3. The Morgan fingerprint density at radius 2 is 1.73 bits per heavy atom. The van der Waals surface area contributed by atoms with Gasteiger partial charge in [-0.15, -0.1) is 0 Å². The van der Waals surface area contributed by atoms with E-state index in [2.05, 4.69) is 5.32 Å². The zero-order chi connectivity index (χ0) is 18.9. The first-order valence-corrected chi connectivity index (χ1v) is 9.75. The van der Waals surface area contributed by atoms with Crippen LogP contribution in [0, 0.1) is 5.92 Å². The van der Waals surface area contributed by atoms with Crippen molar-refractivity contribution < 1.29 is 26.4 Å². The summed E-state index contributed by atoms with van der Waals surface area (Å²) in [5, 5.41) is 2.65. The molecule has 3 rings (SSSR count). The molecule has 26 heavy (non-hydrogen) atoms. The van der Waals surface area contributed by atoms with Gasteiger partial charge >= 0.3 is 6.18 Å². The van der Waals surface area contributed by atoms with Crippen molar-refractivity contribution in [3.63, 3.8) is 0 Å². The maximum Gasteiger partial charge on any atom is 0.416 e. The Labute approximate surface area is 149 Å². The molecule has 1 heterocycles. The van der Waals surface area contributed by atoms with Gasteiger partial charge in [0.1, 0.15) is 0 Å². The van der Waals surface area contributed by atoms with Gasteiger partial charge in [-0.05, 0) is 41.8 Å². The van der Waals surface area contributed by atoms with Crippen LogP contribution < -0.4 is 5.32 Å². The minimum absolute atomic E-state index is 0.0135. The van der Waals surface area contributed by atoms with Gasteiger partial charge in [0.05, 0.1) is 23.0 Å². The molecule has 0 aliphatic carbocycles. The molecule has 0 spiro atoms. The highest BCUT2D eigenvalue weighted by Gasteiger charge is 2.33. The van der Waals surface area contributed by atoms with Crippen molar-refractivity contribution in [1.82, 2.24) is 0 Å². The minimum atomic E-state index is -4.41. The van der Waals surface area contributed by atoms with Crippen LogP contribution in [-0.4, -0.2) is 25.8 Å². The fourth-order valence-corrected chi connectivity index (χ4v) is 4.61. The van der Waals surface area contributed by atoms with Crippen molar-refractivity contribution in [2.75, 3.05) is 16.8 Å². The maximum absolute atomic E-state index is 12.8. The SMILES string of the molecule is O=C(Nc1ccc(-c2cccc(C(F)(F)F)c2)cc1)[C@H]1CCS(=O)(=O)C1. The van der Waals surface area contributed by atoms with Gasteiger partial charge in [0.25, 0.3) is 0 Å². The predicted molar refractivity (Wildman–Crippen MR) is 92.3 cm³/mol. The summed E-state index contributed by atoms with van der Waals surface area (Å²) in [7, 11) is -3.14. The van der Waals surface area contributed by atoms with Crippen molar-refractivity contribution >= 4 is 21.4 Å². The molecule has 0 radical (unpaired) electrons. The lowest BCUT2D eigenvalue weighted by atomic mass is 10.0. The van der Waals surface area contributed by atoms with Crippen molar-refractivity contribution in [1.29, 1.82) is 0 Å². The maximum atomic E-state index is 12.8. The Hall–Kier alpha value is -2.35. The van der Waals surface area contributed by atoms with Crippen LogP contribution in [0.15, 0.2) is 48.5 Å². The Morgan fingerprint density at radius 1 is 1.04 bits per heavy atom. The van der Waals surface area contributed by atoms with E-state index >= 15 is 0 Å². The molecule has 0 unspecified atom stereocenters. The Balaban J connectivity index is 1.72. The number of carbonyl (C=O) groups excluding carboxylic acids is 1. The van der Waals surface area contributed by atoms with E-state index in [1.807, 2.05) is 0 Å². The van der Waals surface area contributed by atoms with Gasteiger partial charge in [-0.3, -0.25) is 4.79 Å². The predicted octanol–water partition coefficient (Wildman–Crippen LogP) is 3.75. The van der Waals surface area contributed by atoms with Crippen LogP contribution in [0.5, 0.6) is 0 Å². The molecular weight excluding hydrogens is 367 g/mol. The molecule has 0 aromatic heterocycles. The number of amides is 1. The molecule has 2 aromatic rings. The molecule has 2 aromatic carbocycles. The number of carbonyl (C=O) groups is 1. The van der Waals surface area contributed by atoms with Gasteiger partial charge < -0.3 is 5.32 Å². The molecule has 1 atom stereocenters. The van der Waals surface area contributed by atoms with Gasteiger partial charge in [-0.1, -0.05) is 24.3 Å². The lowest BCUT2D eigenvalue weighted by Crippen LogP contribution is -2.23. The van der Waals surface area contributed by atoms with E-state index in [0.717, 1.165) is 12.1 Å². The van der Waals surface area contributed by atoms with Crippen LogP contribution in [0.3, 0.4) is 0 Å². The number of alkyl halides is 3. The van der Waals surface area contributed by atoms with Crippen LogP contribution in [-0.2, 0) is 20.8 Å². The van der Waals surface area contributed by atoms with Gasteiger partial charge in [-0.25, -0.2) is 8.42 Å². The third-order valence-electron chi connectivity index (χ3n) is 4.28. The highest BCUT2D eigenvalue weighted by atomic mass is 32.2. The van der Waals surface area contributed by atoms with E-state index in [1.165, 1.54) is 6.07 Å². The summed E-state index contributed by atoms with van der Waals surface area (Å²) in [5.74, 6) is -1.07. The van der Waals surface area contributed by atoms with Crippen molar-refractivity contribution in [2.24, 2.45) is 5.92 Å². The summed E-state index contributed by atoms with van der Waals surface area (Å²) in [4.78, 5) is 12.1. The van der Waals surface area contributed by atoms with Gasteiger partial charge in [0, 0.05) is 5.69 Å². The summed E-state index contributed by atoms with van der Waals surface area (Å²) in [5.41, 5.74) is 0.738. The number of halogens is 3. The van der Waals surface area contributed by atoms with E-state index in [9.17, 15) is 26.4 Å². The van der Waals surface area contributed by atoms with Gasteiger partial charge in [-0.2, -0.15) is 13.2 Å². The quantitative estimate of drug-likeness (QED) is 0.878. The van der Waals surface area contributed by atoms with Gasteiger partial charge in [0.2, 0.25) is 5.91 Å². The number of nitrogens with one attached hydrogen (secondary N) is 1. The van der Waals surface area contributed by atoms with E-state index in [0.29, 0.717) is 23.2 Å². The molecule has 1 aliphatic rings. The monoisotopic (exact) mass is 383 g/mol. The number of hydrogen-bond donors (Lipinski definition) is 1. The van der Waals surface area contributed by atoms with Crippen LogP contribution in [0.4, 0.5) is 18.9 Å². The first kappa shape index (κ1) is 18.4. The average molecular weight is 383 g/mol. The zero-order valence-corrected chi connectivity index (χ0v) is 14.4. The number of sulfone groups is 1. The lowest BCUT2D eigenvalue weighted by Gasteiger charge is -2.11. The third kappa shape index (κ3) is 4.24. The number of rotatable bonds is 3. The summed E-state index contributed by atoms with van der Waals surface area (Å²) in [6, 6.07) is 11.4. The zero-order valence-electron chi connectivity index (χ0n) is 13.6. The van der Waals surface area contributed by atoms with E-state index in [-0.39, 0.29) is 17.4 Å².